The van der Waals surface area contributed by atoms with Crippen LogP contribution in [0.1, 0.15) is 13.8 Å². The van der Waals surface area contributed by atoms with Gasteiger partial charge in [0.25, 0.3) is 15.9 Å². The van der Waals surface area contributed by atoms with Crippen molar-refractivity contribution >= 4 is 27.7 Å². The van der Waals surface area contributed by atoms with Crippen LogP contribution >= 0.6 is 0 Å². The number of carboxylic acids is 1. The van der Waals surface area contributed by atoms with Crippen LogP contribution in [0.2, 0.25) is 0 Å². The molecule has 1 amide bonds. The van der Waals surface area contributed by atoms with Gasteiger partial charge in [-0.05, 0) is 18.1 Å². The number of hydrogen-bond acceptors (Lipinski definition) is 5. The van der Waals surface area contributed by atoms with Gasteiger partial charge in [-0.15, -0.1) is 4.40 Å². The Bertz CT molecular complexity index is 690. The molecule has 2 aliphatic heterocycles. The number of nitrogens with one attached hydrogen (secondary N) is 1. The third kappa shape index (κ3) is 3.53. The first kappa shape index (κ1) is 16.2. The van der Waals surface area contributed by atoms with E-state index in [1.54, 1.807) is 18.7 Å². The summed E-state index contributed by atoms with van der Waals surface area (Å²) in [5.41, 5.74) is 0.255. The van der Waals surface area contributed by atoms with Crippen molar-refractivity contribution in [3.63, 3.8) is 0 Å². The average molecular weight is 327 g/mol. The van der Waals surface area contributed by atoms with E-state index in [9.17, 15) is 18.0 Å². The van der Waals surface area contributed by atoms with Gasteiger partial charge in [-0.2, -0.15) is 0 Å². The van der Waals surface area contributed by atoms with E-state index in [1.807, 2.05) is 0 Å². The summed E-state index contributed by atoms with van der Waals surface area (Å²) in [7, 11) is -3.44. The Hall–Kier alpha value is -2.16. The van der Waals surface area contributed by atoms with Crippen LogP contribution in [0.15, 0.2) is 28.3 Å². The highest BCUT2D eigenvalue weighted by atomic mass is 32.2. The van der Waals surface area contributed by atoms with Crippen LogP contribution in [0, 0.1) is 5.92 Å². The van der Waals surface area contributed by atoms with E-state index in [2.05, 4.69) is 9.71 Å². The molecule has 9 heteroatoms. The zero-order valence-corrected chi connectivity index (χ0v) is 13.0. The number of amides is 1. The highest BCUT2D eigenvalue weighted by Gasteiger charge is 2.28. The fraction of sp³-hybridized carbons (Fsp3) is 0.462. The summed E-state index contributed by atoms with van der Waals surface area (Å²) in [6.07, 6.45) is 4.32. The molecule has 0 aliphatic carbocycles. The van der Waals surface area contributed by atoms with Gasteiger partial charge < -0.3 is 15.3 Å². The topological polar surface area (TPSA) is 116 Å². The lowest BCUT2D eigenvalue weighted by atomic mass is 10.0. The molecule has 0 aromatic heterocycles. The highest BCUT2D eigenvalue weighted by molar-refractivity contribution is 7.90. The molecule has 0 bridgehead atoms. The number of carboxylic acid groups (broad SMARTS) is 1. The van der Waals surface area contributed by atoms with Gasteiger partial charge in [0.1, 0.15) is 11.9 Å². The zero-order valence-electron chi connectivity index (χ0n) is 12.2. The molecule has 2 rings (SSSR count). The van der Waals surface area contributed by atoms with Crippen LogP contribution in [-0.4, -0.2) is 54.5 Å². The lowest BCUT2D eigenvalue weighted by Crippen LogP contribution is -2.45. The maximum absolute atomic E-state index is 12.1. The van der Waals surface area contributed by atoms with E-state index in [-0.39, 0.29) is 29.6 Å². The van der Waals surface area contributed by atoms with E-state index in [1.165, 1.54) is 18.4 Å². The average Bonchev–Trinajstić information content (AvgIpc) is 2.42. The summed E-state index contributed by atoms with van der Waals surface area (Å²) < 4.78 is 26.4. The Morgan fingerprint density at radius 2 is 2.05 bits per heavy atom. The van der Waals surface area contributed by atoms with Crippen molar-refractivity contribution in [3.05, 3.63) is 23.9 Å². The fourth-order valence-electron chi connectivity index (χ4n) is 2.07. The highest BCUT2D eigenvalue weighted by Crippen LogP contribution is 2.16. The lowest BCUT2D eigenvalue weighted by molar-refractivity contribution is -0.142. The van der Waals surface area contributed by atoms with Crippen molar-refractivity contribution in [1.29, 1.82) is 0 Å². The molecule has 120 valence electrons. The lowest BCUT2D eigenvalue weighted by Gasteiger charge is -2.27. The molecule has 2 aliphatic rings. The Kier molecular flexibility index (Phi) is 4.36. The quantitative estimate of drug-likeness (QED) is 0.733. The first-order chi connectivity index (χ1) is 10.2. The molecule has 8 nitrogen and oxygen atoms in total. The molecule has 2 N–H and O–H groups in total. The summed E-state index contributed by atoms with van der Waals surface area (Å²) in [4.78, 5) is 24.8. The first-order valence-electron chi connectivity index (χ1n) is 6.72. The van der Waals surface area contributed by atoms with Crippen molar-refractivity contribution in [2.24, 2.45) is 10.3 Å². The van der Waals surface area contributed by atoms with Crippen LogP contribution in [0.25, 0.3) is 0 Å². The number of nitrogens with zero attached hydrogens (tertiary/aromatic N) is 2. The molecule has 0 unspecified atom stereocenters. The summed E-state index contributed by atoms with van der Waals surface area (Å²) in [5.74, 6) is -1.76. The summed E-state index contributed by atoms with van der Waals surface area (Å²) in [6, 6.07) is -0.987. The number of aliphatic carboxylic acids is 1. The van der Waals surface area contributed by atoms with Crippen molar-refractivity contribution in [2.45, 2.75) is 19.9 Å². The number of carbonyl (C=O) groups is 2. The Balaban J connectivity index is 2.15. The maximum Gasteiger partial charge on any atom is 0.326 e. The largest absolute Gasteiger partial charge is 0.480 e. The summed E-state index contributed by atoms with van der Waals surface area (Å²) in [6.45, 7) is 3.60. The van der Waals surface area contributed by atoms with E-state index in [4.69, 9.17) is 5.11 Å². The molecule has 0 fully saturated rings. The third-order valence-electron chi connectivity index (χ3n) is 3.31. The molecule has 0 saturated heterocycles. The van der Waals surface area contributed by atoms with Crippen LogP contribution in [0.5, 0.6) is 0 Å². The molecule has 0 aromatic rings. The maximum atomic E-state index is 12.1. The number of rotatable bonds is 4. The molecule has 1 atom stereocenters. The molecule has 2 heterocycles. The van der Waals surface area contributed by atoms with Gasteiger partial charge in [0.05, 0.1) is 11.3 Å². The van der Waals surface area contributed by atoms with Gasteiger partial charge in [0.15, 0.2) is 0 Å². The summed E-state index contributed by atoms with van der Waals surface area (Å²) >= 11 is 0. The standard InChI is InChI=1S/C13H17N3O5S/c1-8(2)11(13(18)19)14-12(17)9-3-4-10-15-22(20,21)6-5-16(10)7-9/h3-4,7-8,11H,5-6H2,1-2H3,(H,14,17)(H,18,19)/t11-/m1/s1. The van der Waals surface area contributed by atoms with Gasteiger partial charge in [-0.1, -0.05) is 13.8 Å². The molecule has 0 aromatic carbocycles. The molecule has 0 spiro atoms. The van der Waals surface area contributed by atoms with Crippen molar-refractivity contribution in [3.8, 4) is 0 Å². The van der Waals surface area contributed by atoms with Gasteiger partial charge >= 0.3 is 5.97 Å². The van der Waals surface area contributed by atoms with Gasteiger partial charge in [0, 0.05) is 12.7 Å². The van der Waals surface area contributed by atoms with E-state index in [0.717, 1.165) is 0 Å². The second-order valence-electron chi connectivity index (χ2n) is 5.38. The van der Waals surface area contributed by atoms with E-state index < -0.39 is 27.9 Å². The predicted molar refractivity (Wildman–Crippen MR) is 79.6 cm³/mol. The van der Waals surface area contributed by atoms with Crippen molar-refractivity contribution in [2.75, 3.05) is 12.3 Å². The number of amidine groups is 1. The minimum Gasteiger partial charge on any atom is -0.480 e. The number of fused-ring (bicyclic) bond motifs is 1. The Labute approximate surface area is 128 Å². The smallest absolute Gasteiger partial charge is 0.326 e. The van der Waals surface area contributed by atoms with Crippen LogP contribution in [-0.2, 0) is 19.6 Å². The number of sulfonamides is 1. The Morgan fingerprint density at radius 1 is 1.36 bits per heavy atom. The first-order valence-corrected chi connectivity index (χ1v) is 8.33. The number of hydrogen-bond donors (Lipinski definition) is 2. The van der Waals surface area contributed by atoms with E-state index >= 15 is 0 Å². The van der Waals surface area contributed by atoms with E-state index in [0.29, 0.717) is 0 Å². The SMILES string of the molecule is CC(C)[C@@H](NC(=O)C1=CN2CCS(=O)(=O)N=C2C=C1)C(=O)O. The van der Waals surface area contributed by atoms with Crippen LogP contribution in [0.3, 0.4) is 0 Å². The van der Waals surface area contributed by atoms with Crippen LogP contribution in [0.4, 0.5) is 0 Å². The molecular weight excluding hydrogens is 310 g/mol. The van der Waals surface area contributed by atoms with Crippen molar-refractivity contribution < 1.29 is 23.1 Å². The molecule has 0 saturated carbocycles. The van der Waals surface area contributed by atoms with Crippen LogP contribution < -0.4 is 5.32 Å². The minimum absolute atomic E-state index is 0.126. The normalized spacial score (nSPS) is 20.8. The minimum atomic E-state index is -3.44. The predicted octanol–water partition coefficient (Wildman–Crippen LogP) is -0.291. The molecule has 0 radical (unpaired) electrons. The molecule has 22 heavy (non-hydrogen) atoms. The zero-order chi connectivity index (χ0) is 16.5. The Morgan fingerprint density at radius 3 is 2.64 bits per heavy atom. The van der Waals surface area contributed by atoms with Gasteiger partial charge in [-0.3, -0.25) is 4.79 Å². The molecular formula is C13H17N3O5S. The second-order valence-corrected chi connectivity index (χ2v) is 7.13. The fourth-order valence-corrected chi connectivity index (χ4v) is 3.04. The summed E-state index contributed by atoms with van der Waals surface area (Å²) in [5, 5.41) is 11.5. The third-order valence-corrected chi connectivity index (χ3v) is 4.47. The van der Waals surface area contributed by atoms with Crippen molar-refractivity contribution in [1.82, 2.24) is 10.2 Å². The second kappa shape index (κ2) is 5.91. The number of carbonyl (C=O) groups excluding carboxylic acids is 1. The van der Waals surface area contributed by atoms with Gasteiger partial charge in [0.2, 0.25) is 0 Å². The monoisotopic (exact) mass is 327 g/mol. The van der Waals surface area contributed by atoms with Gasteiger partial charge in [-0.25, -0.2) is 13.2 Å².